The monoisotopic (exact) mass is 445 g/mol. The molecule has 0 radical (unpaired) electrons. The number of para-hydroxylation sites is 1. The van der Waals surface area contributed by atoms with Gasteiger partial charge in [-0.3, -0.25) is 9.59 Å². The molecule has 172 valence electrons. The molecule has 3 aliphatic heterocycles. The highest BCUT2D eigenvalue weighted by molar-refractivity contribution is 6.01. The quantitative estimate of drug-likeness (QED) is 0.593. The van der Waals surface area contributed by atoms with E-state index in [4.69, 9.17) is 4.42 Å². The van der Waals surface area contributed by atoms with Gasteiger partial charge in [0.15, 0.2) is 5.76 Å². The van der Waals surface area contributed by atoms with Gasteiger partial charge in [-0.15, -0.1) is 0 Å². The van der Waals surface area contributed by atoms with Crippen LogP contribution in [-0.4, -0.2) is 48.9 Å². The highest BCUT2D eigenvalue weighted by Gasteiger charge is 2.35. The van der Waals surface area contributed by atoms with Crippen molar-refractivity contribution in [2.45, 2.75) is 32.7 Å². The Morgan fingerprint density at radius 3 is 2.58 bits per heavy atom. The average molecular weight is 446 g/mol. The lowest BCUT2D eigenvalue weighted by Crippen LogP contribution is -2.57. The Morgan fingerprint density at radius 2 is 1.85 bits per heavy atom. The summed E-state index contributed by atoms with van der Waals surface area (Å²) in [4.78, 5) is 28.0. The van der Waals surface area contributed by atoms with E-state index in [0.717, 1.165) is 49.0 Å². The first-order valence-corrected chi connectivity index (χ1v) is 11.9. The molecule has 6 heteroatoms. The minimum Gasteiger partial charge on any atom is -0.450 e. The first-order chi connectivity index (χ1) is 16.0. The number of fused-ring (bicyclic) bond motifs is 4. The predicted octanol–water partition coefficient (Wildman–Crippen LogP) is 4.31. The smallest absolute Gasteiger partial charge is 0.287 e. The third kappa shape index (κ3) is 4.53. The summed E-state index contributed by atoms with van der Waals surface area (Å²) in [5.74, 6) is 1.04. The van der Waals surface area contributed by atoms with E-state index in [1.54, 1.807) is 0 Å². The molecule has 3 saturated heterocycles. The zero-order chi connectivity index (χ0) is 22.9. The summed E-state index contributed by atoms with van der Waals surface area (Å²) in [5.41, 5.74) is 3.03. The van der Waals surface area contributed by atoms with Crippen LogP contribution in [-0.2, 0) is 0 Å². The normalized spacial score (nSPS) is 22.0. The second kappa shape index (κ2) is 9.02. The molecule has 0 unspecified atom stereocenters. The van der Waals surface area contributed by atoms with Crippen molar-refractivity contribution in [1.82, 2.24) is 15.5 Å². The molecule has 1 aromatic heterocycles. The number of amides is 2. The summed E-state index contributed by atoms with van der Waals surface area (Å²) in [6, 6.07) is 15.4. The molecule has 2 aromatic carbocycles. The van der Waals surface area contributed by atoms with Crippen molar-refractivity contribution in [3.05, 3.63) is 59.9 Å². The molecule has 33 heavy (non-hydrogen) atoms. The zero-order valence-electron chi connectivity index (χ0n) is 19.3. The van der Waals surface area contributed by atoms with Gasteiger partial charge in [-0.05, 0) is 61.5 Å². The Labute approximate surface area is 194 Å². The molecule has 1 atom stereocenters. The number of carbonyl (C=O) groups excluding carboxylic acids is 2. The van der Waals surface area contributed by atoms with Crippen LogP contribution in [0.5, 0.6) is 0 Å². The summed E-state index contributed by atoms with van der Waals surface area (Å²) in [6.45, 7) is 7.97. The van der Waals surface area contributed by atoms with Gasteiger partial charge in [0.2, 0.25) is 0 Å². The number of nitrogens with one attached hydrogen (secondary N) is 2. The maximum absolute atomic E-state index is 13.0. The highest BCUT2D eigenvalue weighted by Crippen LogP contribution is 2.32. The molecular formula is C27H31N3O3. The summed E-state index contributed by atoms with van der Waals surface area (Å²) < 4.78 is 6.09. The van der Waals surface area contributed by atoms with E-state index in [9.17, 15) is 9.59 Å². The minimum absolute atomic E-state index is 0.0882. The fourth-order valence-corrected chi connectivity index (χ4v) is 5.00. The van der Waals surface area contributed by atoms with E-state index < -0.39 is 0 Å². The Hall–Kier alpha value is -3.12. The molecular weight excluding hydrogens is 414 g/mol. The van der Waals surface area contributed by atoms with Gasteiger partial charge < -0.3 is 20.0 Å². The lowest BCUT2D eigenvalue weighted by atomic mass is 9.84. The van der Waals surface area contributed by atoms with Crippen molar-refractivity contribution in [2.24, 2.45) is 11.8 Å². The van der Waals surface area contributed by atoms with Crippen LogP contribution in [0.25, 0.3) is 22.1 Å². The Kier molecular flexibility index (Phi) is 5.94. The van der Waals surface area contributed by atoms with Crippen LogP contribution >= 0.6 is 0 Å². The molecule has 3 aromatic rings. The second-order valence-corrected chi connectivity index (χ2v) is 9.74. The fraction of sp³-hybridized carbons (Fsp3) is 0.407. The van der Waals surface area contributed by atoms with Gasteiger partial charge in [0.05, 0.1) is 0 Å². The van der Waals surface area contributed by atoms with Crippen LogP contribution in [0, 0.1) is 11.8 Å². The van der Waals surface area contributed by atoms with Gasteiger partial charge in [0, 0.05) is 35.6 Å². The molecule has 2 N–H and O–H groups in total. The maximum Gasteiger partial charge on any atom is 0.287 e. The molecule has 0 saturated carbocycles. The number of carbonyl (C=O) groups is 2. The van der Waals surface area contributed by atoms with Crippen molar-refractivity contribution >= 4 is 22.8 Å². The van der Waals surface area contributed by atoms with E-state index in [1.165, 1.54) is 0 Å². The maximum atomic E-state index is 13.0. The lowest BCUT2D eigenvalue weighted by molar-refractivity contribution is 0.0607. The number of benzene rings is 2. The van der Waals surface area contributed by atoms with Gasteiger partial charge in [-0.25, -0.2) is 0 Å². The van der Waals surface area contributed by atoms with Gasteiger partial charge in [0.1, 0.15) is 5.58 Å². The van der Waals surface area contributed by atoms with E-state index in [0.29, 0.717) is 35.3 Å². The summed E-state index contributed by atoms with van der Waals surface area (Å²) in [7, 11) is 0. The number of nitrogens with zero attached hydrogens (tertiary/aromatic N) is 1. The fourth-order valence-electron chi connectivity index (χ4n) is 5.00. The van der Waals surface area contributed by atoms with Crippen LogP contribution in [0.15, 0.2) is 52.9 Å². The third-order valence-corrected chi connectivity index (χ3v) is 6.85. The summed E-state index contributed by atoms with van der Waals surface area (Å²) in [5, 5.41) is 7.05. The third-order valence-electron chi connectivity index (χ3n) is 6.85. The van der Waals surface area contributed by atoms with Gasteiger partial charge in [-0.1, -0.05) is 44.2 Å². The van der Waals surface area contributed by atoms with Gasteiger partial charge in [-0.2, -0.15) is 0 Å². The summed E-state index contributed by atoms with van der Waals surface area (Å²) in [6.07, 6.45) is 2.30. The second-order valence-electron chi connectivity index (χ2n) is 9.74. The number of hydrogen-bond acceptors (Lipinski definition) is 4. The van der Waals surface area contributed by atoms with Crippen LogP contribution in [0.4, 0.5) is 0 Å². The number of rotatable bonds is 6. The number of furan rings is 1. The van der Waals surface area contributed by atoms with Crippen LogP contribution < -0.4 is 10.6 Å². The van der Waals surface area contributed by atoms with Crippen molar-refractivity contribution in [3.8, 4) is 11.1 Å². The average Bonchev–Trinajstić information content (AvgIpc) is 3.28. The Morgan fingerprint density at radius 1 is 1.06 bits per heavy atom. The van der Waals surface area contributed by atoms with E-state index in [2.05, 4.69) is 29.4 Å². The number of piperidine rings is 3. The number of hydrogen-bond donors (Lipinski definition) is 2. The molecule has 6 nitrogen and oxygen atoms in total. The Balaban J connectivity index is 1.39. The van der Waals surface area contributed by atoms with Crippen LogP contribution in [0.3, 0.4) is 0 Å². The van der Waals surface area contributed by atoms with Gasteiger partial charge >= 0.3 is 0 Å². The minimum atomic E-state index is -0.155. The van der Waals surface area contributed by atoms with E-state index in [-0.39, 0.29) is 17.9 Å². The standard InChI is InChI=1S/C27H31N3O3/c1-17(2)15-28-26(31)21-7-3-5-19(13-21)22-8-4-6-20-14-24(33-25(20)22)27(32)29-23-16-30-11-9-18(23)10-12-30/h3-8,13-14,17-18,23H,9-12,15-16H2,1-2H3,(H,28,31)(H,29,32)/t23-/m0/s1. The molecule has 0 aliphatic carbocycles. The molecule has 4 heterocycles. The largest absolute Gasteiger partial charge is 0.450 e. The van der Waals surface area contributed by atoms with Gasteiger partial charge in [0.25, 0.3) is 11.8 Å². The predicted molar refractivity (Wildman–Crippen MR) is 129 cm³/mol. The van der Waals surface area contributed by atoms with Crippen molar-refractivity contribution in [2.75, 3.05) is 26.2 Å². The first-order valence-electron chi connectivity index (χ1n) is 11.9. The van der Waals surface area contributed by atoms with E-state index in [1.807, 2.05) is 48.5 Å². The van der Waals surface area contributed by atoms with Crippen molar-refractivity contribution < 1.29 is 14.0 Å². The van der Waals surface area contributed by atoms with Crippen molar-refractivity contribution in [1.29, 1.82) is 0 Å². The molecule has 2 amide bonds. The lowest BCUT2D eigenvalue weighted by Gasteiger charge is -2.44. The van der Waals surface area contributed by atoms with Crippen molar-refractivity contribution in [3.63, 3.8) is 0 Å². The SMILES string of the molecule is CC(C)CNC(=O)c1cccc(-c2cccc3cc(C(=O)N[C@H]4CN5CCC4CC5)oc23)c1. The summed E-state index contributed by atoms with van der Waals surface area (Å²) >= 11 is 0. The zero-order valence-corrected chi connectivity index (χ0v) is 19.3. The first kappa shape index (κ1) is 21.7. The molecule has 2 bridgehead atoms. The molecule has 3 fully saturated rings. The highest BCUT2D eigenvalue weighted by atomic mass is 16.3. The van der Waals surface area contributed by atoms with Crippen LogP contribution in [0.2, 0.25) is 0 Å². The Bertz CT molecular complexity index is 1170. The van der Waals surface area contributed by atoms with E-state index >= 15 is 0 Å². The topological polar surface area (TPSA) is 74.6 Å². The molecule has 3 aliphatic rings. The van der Waals surface area contributed by atoms with Crippen LogP contribution in [0.1, 0.15) is 47.6 Å². The molecule has 6 rings (SSSR count). The molecule has 0 spiro atoms.